The highest BCUT2D eigenvalue weighted by Crippen LogP contribution is 2.34. The average molecular weight is 443 g/mol. The fraction of sp³-hybridized carbons (Fsp3) is 0.125. The minimum atomic E-state index is -0.448. The summed E-state index contributed by atoms with van der Waals surface area (Å²) in [5.74, 6) is -0.471. The molecule has 3 aromatic rings. The summed E-state index contributed by atoms with van der Waals surface area (Å²) in [6, 6.07) is 5.47. The Morgan fingerprint density at radius 2 is 2.09 bits per heavy atom. The molecular formula is C16H10Br2FNO3. The van der Waals surface area contributed by atoms with Gasteiger partial charge in [0.05, 0.1) is 10.0 Å². The largest absolute Gasteiger partial charge is 0.504 e. The maximum atomic E-state index is 13.6. The van der Waals surface area contributed by atoms with Crippen molar-refractivity contribution in [2.75, 3.05) is 0 Å². The van der Waals surface area contributed by atoms with E-state index in [1.165, 1.54) is 24.3 Å². The fourth-order valence-electron chi connectivity index (χ4n) is 2.34. The summed E-state index contributed by atoms with van der Waals surface area (Å²) in [5, 5.41) is 10.1. The highest BCUT2D eigenvalue weighted by molar-refractivity contribution is 9.11. The van der Waals surface area contributed by atoms with Gasteiger partial charge in [-0.15, -0.1) is 0 Å². The lowest BCUT2D eigenvalue weighted by molar-refractivity contribution is 0.103. The van der Waals surface area contributed by atoms with Crippen LogP contribution in [0.5, 0.6) is 5.75 Å². The monoisotopic (exact) mass is 441 g/mol. The molecule has 0 atom stereocenters. The number of carbonyl (C=O) groups excluding carboxylic acids is 1. The molecule has 23 heavy (non-hydrogen) atoms. The number of carbonyl (C=O) groups is 1. The second-order valence-electron chi connectivity index (χ2n) is 4.85. The van der Waals surface area contributed by atoms with Crippen LogP contribution < -0.4 is 0 Å². The third kappa shape index (κ3) is 2.79. The zero-order valence-electron chi connectivity index (χ0n) is 11.9. The van der Waals surface area contributed by atoms with Crippen molar-refractivity contribution in [1.82, 2.24) is 4.98 Å². The van der Waals surface area contributed by atoms with Crippen LogP contribution in [0.3, 0.4) is 0 Å². The molecule has 0 radical (unpaired) electrons. The molecule has 7 heteroatoms. The highest BCUT2D eigenvalue weighted by Gasteiger charge is 2.24. The third-order valence-corrected chi connectivity index (χ3v) is 4.56. The van der Waals surface area contributed by atoms with Gasteiger partial charge in [-0.1, -0.05) is 6.92 Å². The molecule has 0 aliphatic carbocycles. The normalized spacial score (nSPS) is 11.1. The van der Waals surface area contributed by atoms with Crippen LogP contribution >= 0.6 is 31.9 Å². The molecule has 2 heterocycles. The Morgan fingerprint density at radius 1 is 1.35 bits per heavy atom. The molecular weight excluding hydrogens is 433 g/mol. The first-order valence-electron chi connectivity index (χ1n) is 6.73. The minimum Gasteiger partial charge on any atom is -0.504 e. The van der Waals surface area contributed by atoms with E-state index in [0.29, 0.717) is 33.2 Å². The number of nitrogens with zero attached hydrogens (tertiary/aromatic N) is 1. The Kier molecular flexibility index (Phi) is 4.25. The van der Waals surface area contributed by atoms with Crippen LogP contribution in [0.25, 0.3) is 11.0 Å². The van der Waals surface area contributed by atoms with E-state index in [0.717, 1.165) is 0 Å². The van der Waals surface area contributed by atoms with Crippen molar-refractivity contribution >= 4 is 48.6 Å². The van der Waals surface area contributed by atoms with Crippen LogP contribution in [0.1, 0.15) is 28.7 Å². The predicted octanol–water partition coefficient (Wildman–Crippen LogP) is 4.99. The number of pyridine rings is 1. The van der Waals surface area contributed by atoms with Gasteiger partial charge < -0.3 is 9.52 Å². The van der Waals surface area contributed by atoms with Crippen LogP contribution in [0, 0.1) is 5.82 Å². The van der Waals surface area contributed by atoms with Crippen LogP contribution in [0.15, 0.2) is 37.8 Å². The smallest absolute Gasteiger partial charge is 0.215 e. The maximum absolute atomic E-state index is 13.6. The Hall–Kier alpha value is -1.73. The lowest BCUT2D eigenvalue weighted by atomic mass is 10.0. The van der Waals surface area contributed by atoms with Crippen molar-refractivity contribution in [3.8, 4) is 5.75 Å². The molecule has 0 aliphatic rings. The second-order valence-corrected chi connectivity index (χ2v) is 6.46. The van der Waals surface area contributed by atoms with E-state index in [1.807, 2.05) is 6.92 Å². The first kappa shape index (κ1) is 16.1. The highest BCUT2D eigenvalue weighted by atomic mass is 79.9. The number of furan rings is 1. The van der Waals surface area contributed by atoms with Gasteiger partial charge >= 0.3 is 0 Å². The van der Waals surface area contributed by atoms with Crippen molar-refractivity contribution in [3.05, 3.63) is 56.2 Å². The number of fused-ring (bicyclic) bond motifs is 1. The molecule has 0 fully saturated rings. The van der Waals surface area contributed by atoms with E-state index in [2.05, 4.69) is 36.8 Å². The van der Waals surface area contributed by atoms with Gasteiger partial charge in [0.15, 0.2) is 5.75 Å². The van der Waals surface area contributed by atoms with E-state index in [1.54, 1.807) is 0 Å². The Labute approximate surface area is 147 Å². The molecule has 2 aromatic heterocycles. The SMILES string of the molecule is CCc1oc2ccc(F)cc2c1C(=O)c1cc(Br)c(O)c(Br)n1. The van der Waals surface area contributed by atoms with Gasteiger partial charge in [-0.3, -0.25) is 4.79 Å². The van der Waals surface area contributed by atoms with Crippen molar-refractivity contribution in [2.45, 2.75) is 13.3 Å². The van der Waals surface area contributed by atoms with Crippen LogP contribution in [0.2, 0.25) is 0 Å². The van der Waals surface area contributed by atoms with Crippen molar-refractivity contribution < 1.29 is 18.7 Å². The molecule has 1 N–H and O–H groups in total. The number of halogens is 3. The van der Waals surface area contributed by atoms with Gasteiger partial charge in [-0.25, -0.2) is 9.37 Å². The molecule has 4 nitrogen and oxygen atoms in total. The summed E-state index contributed by atoms with van der Waals surface area (Å²) in [7, 11) is 0. The topological polar surface area (TPSA) is 63.3 Å². The van der Waals surface area contributed by atoms with E-state index in [9.17, 15) is 14.3 Å². The number of hydrogen-bond acceptors (Lipinski definition) is 4. The third-order valence-electron chi connectivity index (χ3n) is 3.41. The number of hydrogen-bond donors (Lipinski definition) is 1. The molecule has 0 aliphatic heterocycles. The number of aromatic nitrogens is 1. The summed E-state index contributed by atoms with van der Waals surface area (Å²) < 4.78 is 19.7. The van der Waals surface area contributed by atoms with Crippen molar-refractivity contribution in [2.24, 2.45) is 0 Å². The van der Waals surface area contributed by atoms with E-state index < -0.39 is 11.6 Å². The van der Waals surface area contributed by atoms with Crippen molar-refractivity contribution in [1.29, 1.82) is 0 Å². The van der Waals surface area contributed by atoms with Crippen LogP contribution in [0.4, 0.5) is 4.39 Å². The average Bonchev–Trinajstić information content (AvgIpc) is 2.89. The standard InChI is InChI=1S/C16H10Br2FNO3/c1-2-11-13(8-5-7(19)3-4-12(8)23-11)15(22)10-6-9(17)14(21)16(18)20-10/h3-6,21H,2H2,1H3. The minimum absolute atomic E-state index is 0.0969. The quantitative estimate of drug-likeness (QED) is 0.458. The molecule has 3 rings (SSSR count). The van der Waals surface area contributed by atoms with Gasteiger partial charge in [-0.2, -0.15) is 0 Å². The fourth-order valence-corrected chi connectivity index (χ4v) is 3.42. The first-order chi connectivity index (χ1) is 10.9. The number of benzene rings is 1. The summed E-state index contributed by atoms with van der Waals surface area (Å²) in [6.07, 6.45) is 0.484. The number of rotatable bonds is 3. The second kappa shape index (κ2) is 6.05. The summed E-state index contributed by atoms with van der Waals surface area (Å²) in [4.78, 5) is 16.9. The number of aryl methyl sites for hydroxylation is 1. The molecule has 118 valence electrons. The number of aromatic hydroxyl groups is 1. The Balaban J connectivity index is 2.23. The zero-order valence-corrected chi connectivity index (χ0v) is 15.0. The molecule has 1 aromatic carbocycles. The zero-order chi connectivity index (χ0) is 16.7. The van der Waals surface area contributed by atoms with Gasteiger partial charge in [0.2, 0.25) is 5.78 Å². The summed E-state index contributed by atoms with van der Waals surface area (Å²) >= 11 is 6.27. The maximum Gasteiger partial charge on any atom is 0.215 e. The lowest BCUT2D eigenvalue weighted by Crippen LogP contribution is -2.06. The molecule has 0 saturated heterocycles. The van der Waals surface area contributed by atoms with Crippen molar-refractivity contribution in [3.63, 3.8) is 0 Å². The van der Waals surface area contributed by atoms with E-state index >= 15 is 0 Å². The van der Waals surface area contributed by atoms with E-state index in [-0.39, 0.29) is 16.0 Å². The van der Waals surface area contributed by atoms with Gasteiger partial charge in [0.25, 0.3) is 0 Å². The molecule has 0 saturated carbocycles. The first-order valence-corrected chi connectivity index (χ1v) is 8.31. The molecule has 0 amide bonds. The molecule has 0 unspecified atom stereocenters. The Morgan fingerprint density at radius 3 is 2.74 bits per heavy atom. The molecule has 0 bridgehead atoms. The summed E-state index contributed by atoms with van der Waals surface area (Å²) in [5.41, 5.74) is 0.853. The number of ketones is 1. The van der Waals surface area contributed by atoms with Gasteiger partial charge in [0, 0.05) is 11.8 Å². The van der Waals surface area contributed by atoms with Gasteiger partial charge in [-0.05, 0) is 56.1 Å². The summed E-state index contributed by atoms with van der Waals surface area (Å²) in [6.45, 7) is 1.85. The van der Waals surface area contributed by atoms with Crippen LogP contribution in [-0.2, 0) is 6.42 Å². The Bertz CT molecular complexity index is 913. The van der Waals surface area contributed by atoms with Crippen LogP contribution in [-0.4, -0.2) is 15.9 Å². The van der Waals surface area contributed by atoms with E-state index in [4.69, 9.17) is 4.42 Å². The van der Waals surface area contributed by atoms with Gasteiger partial charge in [0.1, 0.15) is 27.5 Å². The molecule has 0 spiro atoms. The lowest BCUT2D eigenvalue weighted by Gasteiger charge is -2.05. The predicted molar refractivity (Wildman–Crippen MR) is 90.3 cm³/mol.